The van der Waals surface area contributed by atoms with E-state index in [9.17, 15) is 10.1 Å². The van der Waals surface area contributed by atoms with E-state index in [0.717, 1.165) is 29.3 Å². The number of carbonyl (C=O) groups excluding carboxylic acids is 1. The van der Waals surface area contributed by atoms with Gasteiger partial charge in [-0.3, -0.25) is 9.78 Å². The second kappa shape index (κ2) is 9.03. The standard InChI is InChI=1S/C24H23N7O3/c1-14-7-17(5-6-34-14)31-21(9-22(32)29-16-11-27-24(33-2)28-12-16)30-20-13-26-19-4-3-15(10-25)8-18(19)23(20)31/h3-4,8,11-14,17H,5-7,9H2,1-2H3,(H,29,32)/t14-,17-/m1/s1. The highest BCUT2D eigenvalue weighted by molar-refractivity contribution is 6.03. The highest BCUT2D eigenvalue weighted by Crippen LogP contribution is 2.34. The fraction of sp³-hybridized carbons (Fsp3) is 0.333. The number of amides is 1. The first kappa shape index (κ1) is 21.7. The van der Waals surface area contributed by atoms with E-state index in [-0.39, 0.29) is 30.5 Å². The summed E-state index contributed by atoms with van der Waals surface area (Å²) in [6, 6.07) is 7.97. The van der Waals surface area contributed by atoms with Crippen molar-refractivity contribution in [2.45, 2.75) is 38.3 Å². The van der Waals surface area contributed by atoms with Crippen molar-refractivity contribution in [2.75, 3.05) is 19.0 Å². The molecule has 0 spiro atoms. The summed E-state index contributed by atoms with van der Waals surface area (Å²) in [4.78, 5) is 30.3. The molecule has 10 nitrogen and oxygen atoms in total. The number of hydrogen-bond donors (Lipinski definition) is 1. The lowest BCUT2D eigenvalue weighted by Crippen LogP contribution is -2.27. The fourth-order valence-electron chi connectivity index (χ4n) is 4.46. The third kappa shape index (κ3) is 4.13. The van der Waals surface area contributed by atoms with Gasteiger partial charge in [0.2, 0.25) is 5.91 Å². The molecular weight excluding hydrogens is 434 g/mol. The topological polar surface area (TPSA) is 128 Å². The minimum Gasteiger partial charge on any atom is -0.467 e. The molecular formula is C24H23N7O3. The lowest BCUT2D eigenvalue weighted by atomic mass is 10.0. The van der Waals surface area contributed by atoms with Crippen LogP contribution in [0.3, 0.4) is 0 Å². The van der Waals surface area contributed by atoms with Crippen molar-refractivity contribution in [3.05, 3.63) is 48.2 Å². The van der Waals surface area contributed by atoms with Crippen LogP contribution in [0.1, 0.15) is 37.2 Å². The van der Waals surface area contributed by atoms with Crippen LogP contribution >= 0.6 is 0 Å². The van der Waals surface area contributed by atoms with E-state index in [1.807, 2.05) is 12.1 Å². The molecule has 3 aromatic heterocycles. The molecule has 2 atom stereocenters. The Kier molecular flexibility index (Phi) is 5.77. The van der Waals surface area contributed by atoms with E-state index in [1.54, 1.807) is 12.3 Å². The Morgan fingerprint density at radius 2 is 2.09 bits per heavy atom. The number of benzene rings is 1. The van der Waals surface area contributed by atoms with Crippen molar-refractivity contribution in [2.24, 2.45) is 0 Å². The van der Waals surface area contributed by atoms with Crippen molar-refractivity contribution in [1.82, 2.24) is 24.5 Å². The number of nitrogens with zero attached hydrogens (tertiary/aromatic N) is 6. The first-order valence-corrected chi connectivity index (χ1v) is 11.0. The lowest BCUT2D eigenvalue weighted by Gasteiger charge is -2.30. The molecule has 172 valence electrons. The summed E-state index contributed by atoms with van der Waals surface area (Å²) in [5, 5.41) is 13.1. The second-order valence-electron chi connectivity index (χ2n) is 8.28. The minimum atomic E-state index is -0.236. The molecule has 1 amide bonds. The molecule has 1 aromatic carbocycles. The summed E-state index contributed by atoms with van der Waals surface area (Å²) in [6.07, 6.45) is 6.47. The van der Waals surface area contributed by atoms with Crippen LogP contribution in [-0.2, 0) is 16.0 Å². The maximum atomic E-state index is 12.9. The van der Waals surface area contributed by atoms with E-state index in [4.69, 9.17) is 14.5 Å². The molecule has 10 heteroatoms. The van der Waals surface area contributed by atoms with Gasteiger partial charge in [0.15, 0.2) is 0 Å². The smallest absolute Gasteiger partial charge is 0.316 e. The van der Waals surface area contributed by atoms with Gasteiger partial charge >= 0.3 is 6.01 Å². The SMILES string of the molecule is COc1ncc(NC(=O)Cc2nc3cnc4ccc(C#N)cc4c3n2[C@@H]2CCO[C@H](C)C2)cn1. The first-order valence-electron chi connectivity index (χ1n) is 11.0. The Bertz CT molecular complexity index is 1410. The first-order chi connectivity index (χ1) is 16.6. The average Bonchev–Trinajstić information content (AvgIpc) is 3.22. The summed E-state index contributed by atoms with van der Waals surface area (Å²) >= 11 is 0. The molecule has 1 N–H and O–H groups in total. The molecule has 0 unspecified atom stereocenters. The average molecular weight is 457 g/mol. The molecule has 1 aliphatic heterocycles. The van der Waals surface area contributed by atoms with Crippen molar-refractivity contribution < 1.29 is 14.3 Å². The van der Waals surface area contributed by atoms with Crippen LogP contribution in [0.5, 0.6) is 6.01 Å². The van der Waals surface area contributed by atoms with Gasteiger partial charge in [-0.2, -0.15) is 5.26 Å². The van der Waals surface area contributed by atoms with Gasteiger partial charge in [-0.05, 0) is 38.0 Å². The number of pyridine rings is 1. The third-order valence-electron chi connectivity index (χ3n) is 5.95. The second-order valence-corrected chi connectivity index (χ2v) is 8.28. The molecule has 0 radical (unpaired) electrons. The molecule has 0 saturated carbocycles. The number of aromatic nitrogens is 5. The van der Waals surface area contributed by atoms with Gasteiger partial charge in [0.1, 0.15) is 11.3 Å². The van der Waals surface area contributed by atoms with Crippen molar-refractivity contribution in [3.8, 4) is 12.1 Å². The van der Waals surface area contributed by atoms with Crippen LogP contribution < -0.4 is 10.1 Å². The van der Waals surface area contributed by atoms with Crippen molar-refractivity contribution >= 4 is 33.5 Å². The van der Waals surface area contributed by atoms with Gasteiger partial charge in [-0.15, -0.1) is 0 Å². The normalized spacial score (nSPS) is 18.0. The Labute approximate surface area is 195 Å². The van der Waals surface area contributed by atoms with Crippen LogP contribution in [0.25, 0.3) is 21.9 Å². The third-order valence-corrected chi connectivity index (χ3v) is 5.95. The highest BCUT2D eigenvalue weighted by Gasteiger charge is 2.27. The largest absolute Gasteiger partial charge is 0.467 e. The van der Waals surface area contributed by atoms with E-state index in [1.165, 1.54) is 19.5 Å². The van der Waals surface area contributed by atoms with Crippen LogP contribution in [0.2, 0.25) is 0 Å². The molecule has 1 saturated heterocycles. The fourth-order valence-corrected chi connectivity index (χ4v) is 4.46. The number of methoxy groups -OCH3 is 1. The maximum absolute atomic E-state index is 12.9. The van der Waals surface area contributed by atoms with E-state index >= 15 is 0 Å². The van der Waals surface area contributed by atoms with E-state index < -0.39 is 0 Å². The zero-order valence-corrected chi connectivity index (χ0v) is 18.9. The number of anilines is 1. The summed E-state index contributed by atoms with van der Waals surface area (Å²) in [7, 11) is 1.48. The zero-order valence-electron chi connectivity index (χ0n) is 18.9. The summed E-state index contributed by atoms with van der Waals surface area (Å²) in [5.41, 5.74) is 3.38. The predicted molar refractivity (Wildman–Crippen MR) is 124 cm³/mol. The Hall–Kier alpha value is -4.10. The molecule has 0 aliphatic carbocycles. The molecule has 5 rings (SSSR count). The number of ether oxygens (including phenoxy) is 2. The van der Waals surface area contributed by atoms with E-state index in [2.05, 4.69) is 37.8 Å². The number of imidazole rings is 1. The maximum Gasteiger partial charge on any atom is 0.316 e. The van der Waals surface area contributed by atoms with Gasteiger partial charge < -0.3 is 19.4 Å². The molecule has 4 heterocycles. The molecule has 0 bridgehead atoms. The van der Waals surface area contributed by atoms with Crippen LogP contribution in [0, 0.1) is 11.3 Å². The van der Waals surface area contributed by atoms with E-state index in [0.29, 0.717) is 29.2 Å². The number of hydrogen-bond acceptors (Lipinski definition) is 8. The molecule has 34 heavy (non-hydrogen) atoms. The minimum absolute atomic E-state index is 0.0614. The summed E-state index contributed by atoms with van der Waals surface area (Å²) in [6.45, 7) is 2.68. The van der Waals surface area contributed by atoms with Crippen LogP contribution in [-0.4, -0.2) is 50.2 Å². The number of nitrogens with one attached hydrogen (secondary N) is 1. The quantitative estimate of drug-likeness (QED) is 0.484. The summed E-state index contributed by atoms with van der Waals surface area (Å²) < 4.78 is 12.9. The van der Waals surface area contributed by atoms with Gasteiger partial charge in [0, 0.05) is 18.0 Å². The number of fused-ring (bicyclic) bond motifs is 3. The van der Waals surface area contributed by atoms with Gasteiger partial charge in [-0.1, -0.05) is 0 Å². The Morgan fingerprint density at radius 1 is 1.26 bits per heavy atom. The molecule has 1 fully saturated rings. The number of rotatable bonds is 5. The predicted octanol–water partition coefficient (Wildman–Crippen LogP) is 3.18. The van der Waals surface area contributed by atoms with Crippen LogP contribution in [0.4, 0.5) is 5.69 Å². The number of carbonyl (C=O) groups is 1. The van der Waals surface area contributed by atoms with Crippen molar-refractivity contribution in [3.63, 3.8) is 0 Å². The molecule has 4 aromatic rings. The lowest BCUT2D eigenvalue weighted by molar-refractivity contribution is -0.115. The van der Waals surface area contributed by atoms with Gasteiger partial charge in [0.25, 0.3) is 0 Å². The monoisotopic (exact) mass is 457 g/mol. The van der Waals surface area contributed by atoms with Gasteiger partial charge in [-0.25, -0.2) is 15.0 Å². The highest BCUT2D eigenvalue weighted by atomic mass is 16.5. The zero-order chi connectivity index (χ0) is 23.7. The Balaban J connectivity index is 1.57. The Morgan fingerprint density at radius 3 is 2.82 bits per heavy atom. The summed E-state index contributed by atoms with van der Waals surface area (Å²) in [5.74, 6) is 0.401. The van der Waals surface area contributed by atoms with Gasteiger partial charge in [0.05, 0.1) is 66.6 Å². The number of nitriles is 1. The molecule has 1 aliphatic rings. The van der Waals surface area contributed by atoms with Crippen molar-refractivity contribution in [1.29, 1.82) is 5.26 Å². The van der Waals surface area contributed by atoms with Crippen LogP contribution in [0.15, 0.2) is 36.8 Å².